The van der Waals surface area contributed by atoms with Crippen LogP contribution in [0.1, 0.15) is 33.4 Å². The number of likely N-dealkylation sites (N-methyl/N-ethyl adjacent to an activating group) is 1. The second-order valence-corrected chi connectivity index (χ2v) is 9.34. The minimum atomic E-state index is -0.756. The van der Waals surface area contributed by atoms with Gasteiger partial charge in [0.2, 0.25) is 5.91 Å². The molecule has 8 nitrogen and oxygen atoms in total. The minimum absolute atomic E-state index is 0.210. The van der Waals surface area contributed by atoms with E-state index in [1.54, 1.807) is 61.2 Å². The number of carbonyl (C=O) groups is 2. The highest BCUT2D eigenvalue weighted by Crippen LogP contribution is 2.46. The van der Waals surface area contributed by atoms with E-state index in [9.17, 15) is 9.59 Å². The topological polar surface area (TPSA) is 86.3 Å². The van der Waals surface area contributed by atoms with Gasteiger partial charge < -0.3 is 29.2 Å². The zero-order valence-corrected chi connectivity index (χ0v) is 22.5. The molecule has 4 rings (SSSR count). The first-order valence-corrected chi connectivity index (χ1v) is 12.8. The van der Waals surface area contributed by atoms with Crippen molar-refractivity contribution in [2.24, 2.45) is 0 Å². The van der Waals surface area contributed by atoms with Crippen LogP contribution in [0.15, 0.2) is 59.5 Å². The molecule has 194 valence electrons. The second kappa shape index (κ2) is 11.0. The molecule has 2 amide bonds. The van der Waals surface area contributed by atoms with Crippen LogP contribution in [0.5, 0.6) is 23.0 Å². The van der Waals surface area contributed by atoms with Gasteiger partial charge in [0.1, 0.15) is 11.5 Å². The fraction of sp³-hybridized carbons (Fsp3) is 0.286. The maximum atomic E-state index is 14.1. The van der Waals surface area contributed by atoms with Crippen LogP contribution in [0, 0.1) is 0 Å². The molecule has 0 unspecified atom stereocenters. The second-order valence-electron chi connectivity index (χ2n) is 8.46. The normalized spacial score (nSPS) is 16.6. The standard InChI is InChI=1S/C28H30N2O6S/c1-30-26(16-7-10-18(37-6)11-8-16)25(19-14-23(35-4)24(36-5)15-20(19)28(30)32)27(31)29-21-13-17(33-2)9-12-22(21)34-3/h7-15,25-26H,1-6H3,(H,29,31)/t25-,26-/m0/s1. The monoisotopic (exact) mass is 522 g/mol. The Morgan fingerprint density at radius 2 is 1.51 bits per heavy atom. The van der Waals surface area contributed by atoms with E-state index in [0.717, 1.165) is 10.5 Å². The summed E-state index contributed by atoms with van der Waals surface area (Å²) in [5.74, 6) is 0.641. The van der Waals surface area contributed by atoms with Crippen LogP contribution in [0.4, 0.5) is 5.69 Å². The number of fused-ring (bicyclic) bond motifs is 1. The Hall–Kier alpha value is -3.85. The fourth-order valence-corrected chi connectivity index (χ4v) is 5.08. The number of anilines is 1. The van der Waals surface area contributed by atoms with E-state index >= 15 is 0 Å². The van der Waals surface area contributed by atoms with E-state index in [1.165, 1.54) is 21.3 Å². The Labute approximate surface area is 220 Å². The van der Waals surface area contributed by atoms with Crippen molar-refractivity contribution in [1.29, 1.82) is 0 Å². The molecule has 0 aromatic heterocycles. The minimum Gasteiger partial charge on any atom is -0.497 e. The maximum Gasteiger partial charge on any atom is 0.254 e. The molecule has 1 heterocycles. The lowest BCUT2D eigenvalue weighted by Gasteiger charge is -2.40. The predicted molar refractivity (Wildman–Crippen MR) is 144 cm³/mol. The lowest BCUT2D eigenvalue weighted by Crippen LogP contribution is -2.44. The van der Waals surface area contributed by atoms with Gasteiger partial charge in [0.05, 0.1) is 46.1 Å². The molecule has 1 aliphatic heterocycles. The lowest BCUT2D eigenvalue weighted by atomic mass is 9.79. The lowest BCUT2D eigenvalue weighted by molar-refractivity contribution is -0.119. The van der Waals surface area contributed by atoms with Crippen LogP contribution in [-0.4, -0.2) is 58.5 Å². The Balaban J connectivity index is 1.88. The van der Waals surface area contributed by atoms with Gasteiger partial charge in [-0.1, -0.05) is 12.1 Å². The van der Waals surface area contributed by atoms with Crippen molar-refractivity contribution in [3.05, 3.63) is 71.3 Å². The summed E-state index contributed by atoms with van der Waals surface area (Å²) in [6.07, 6.45) is 2.00. The summed E-state index contributed by atoms with van der Waals surface area (Å²) in [5.41, 5.74) is 2.24. The van der Waals surface area contributed by atoms with Crippen LogP contribution >= 0.6 is 11.8 Å². The van der Waals surface area contributed by atoms with Gasteiger partial charge in [-0.3, -0.25) is 9.59 Å². The molecule has 1 N–H and O–H groups in total. The molecule has 3 aromatic carbocycles. The van der Waals surface area contributed by atoms with Crippen molar-refractivity contribution in [3.8, 4) is 23.0 Å². The van der Waals surface area contributed by atoms with Gasteiger partial charge in [-0.2, -0.15) is 0 Å². The smallest absolute Gasteiger partial charge is 0.254 e. The third-order valence-electron chi connectivity index (χ3n) is 6.58. The molecule has 0 bridgehead atoms. The number of thioether (sulfide) groups is 1. The van der Waals surface area contributed by atoms with Crippen molar-refractivity contribution in [2.45, 2.75) is 16.9 Å². The average molecular weight is 523 g/mol. The zero-order valence-electron chi connectivity index (χ0n) is 21.7. The highest BCUT2D eigenvalue weighted by molar-refractivity contribution is 7.98. The molecule has 3 aromatic rings. The van der Waals surface area contributed by atoms with E-state index in [-0.39, 0.29) is 11.8 Å². The van der Waals surface area contributed by atoms with Crippen LogP contribution in [0.3, 0.4) is 0 Å². The Kier molecular flexibility index (Phi) is 7.83. The van der Waals surface area contributed by atoms with E-state index in [1.807, 2.05) is 30.5 Å². The molecule has 2 atom stereocenters. The molecule has 37 heavy (non-hydrogen) atoms. The Morgan fingerprint density at radius 1 is 0.865 bits per heavy atom. The number of benzene rings is 3. The average Bonchev–Trinajstić information content (AvgIpc) is 2.93. The van der Waals surface area contributed by atoms with Crippen molar-refractivity contribution >= 4 is 29.3 Å². The van der Waals surface area contributed by atoms with Crippen molar-refractivity contribution in [3.63, 3.8) is 0 Å². The van der Waals surface area contributed by atoms with Crippen molar-refractivity contribution in [1.82, 2.24) is 4.90 Å². The number of hydrogen-bond acceptors (Lipinski definition) is 7. The van der Waals surface area contributed by atoms with E-state index in [2.05, 4.69) is 5.32 Å². The van der Waals surface area contributed by atoms with Gasteiger partial charge in [-0.25, -0.2) is 0 Å². The number of nitrogens with zero attached hydrogens (tertiary/aromatic N) is 1. The third kappa shape index (κ3) is 4.91. The summed E-state index contributed by atoms with van der Waals surface area (Å²) in [4.78, 5) is 30.3. The largest absolute Gasteiger partial charge is 0.497 e. The number of carbonyl (C=O) groups excluding carboxylic acids is 2. The van der Waals surface area contributed by atoms with Crippen molar-refractivity contribution < 1.29 is 28.5 Å². The maximum absolute atomic E-state index is 14.1. The number of ether oxygens (including phenoxy) is 4. The summed E-state index contributed by atoms with van der Waals surface area (Å²) in [7, 11) is 7.83. The van der Waals surface area contributed by atoms with Gasteiger partial charge in [-0.15, -0.1) is 11.8 Å². The number of methoxy groups -OCH3 is 4. The van der Waals surface area contributed by atoms with Crippen LogP contribution < -0.4 is 24.3 Å². The van der Waals surface area contributed by atoms with Gasteiger partial charge in [0, 0.05) is 23.6 Å². The number of amides is 2. The van der Waals surface area contributed by atoms with Gasteiger partial charge in [-0.05, 0) is 53.8 Å². The van der Waals surface area contributed by atoms with E-state index < -0.39 is 12.0 Å². The SMILES string of the molecule is COc1ccc(OC)c(NC(=O)[C@H]2c3cc(OC)c(OC)cc3C(=O)N(C)[C@H]2c2ccc(SC)cc2)c1. The van der Waals surface area contributed by atoms with Crippen LogP contribution in [0.2, 0.25) is 0 Å². The molecule has 0 fully saturated rings. The summed E-state index contributed by atoms with van der Waals surface area (Å²) in [5, 5.41) is 3.01. The van der Waals surface area contributed by atoms with Gasteiger partial charge >= 0.3 is 0 Å². The number of hydrogen-bond donors (Lipinski definition) is 1. The van der Waals surface area contributed by atoms with E-state index in [4.69, 9.17) is 18.9 Å². The van der Waals surface area contributed by atoms with Crippen molar-refractivity contribution in [2.75, 3.05) is 47.1 Å². The first-order valence-electron chi connectivity index (χ1n) is 11.6. The van der Waals surface area contributed by atoms with E-state index in [0.29, 0.717) is 39.8 Å². The first-order chi connectivity index (χ1) is 17.9. The summed E-state index contributed by atoms with van der Waals surface area (Å²) >= 11 is 1.62. The molecule has 0 saturated heterocycles. The van der Waals surface area contributed by atoms with Gasteiger partial charge in [0.25, 0.3) is 5.91 Å². The summed E-state index contributed by atoms with van der Waals surface area (Å²) < 4.78 is 21.8. The highest BCUT2D eigenvalue weighted by Gasteiger charge is 2.43. The molecule has 0 saturated carbocycles. The summed E-state index contributed by atoms with van der Waals surface area (Å²) in [6, 6.07) is 15.9. The quantitative estimate of drug-likeness (QED) is 0.417. The number of rotatable bonds is 8. The molecular formula is C28H30N2O6S. The Bertz CT molecular complexity index is 1310. The number of nitrogens with one attached hydrogen (secondary N) is 1. The summed E-state index contributed by atoms with van der Waals surface area (Å²) in [6.45, 7) is 0. The molecule has 0 radical (unpaired) electrons. The highest BCUT2D eigenvalue weighted by atomic mass is 32.2. The van der Waals surface area contributed by atoms with Crippen LogP contribution in [0.25, 0.3) is 0 Å². The molecule has 0 spiro atoms. The molecule has 0 aliphatic carbocycles. The first kappa shape index (κ1) is 26.2. The fourth-order valence-electron chi connectivity index (χ4n) is 4.67. The Morgan fingerprint density at radius 3 is 2.11 bits per heavy atom. The molecular weight excluding hydrogens is 492 g/mol. The molecule has 1 aliphatic rings. The zero-order chi connectivity index (χ0) is 26.7. The van der Waals surface area contributed by atoms with Gasteiger partial charge in [0.15, 0.2) is 11.5 Å². The molecule has 9 heteroatoms. The third-order valence-corrected chi connectivity index (χ3v) is 7.32. The van der Waals surface area contributed by atoms with Crippen LogP contribution in [-0.2, 0) is 4.79 Å². The predicted octanol–water partition coefficient (Wildman–Crippen LogP) is 4.99.